The molecule has 0 atom stereocenters. The molecule has 90 valence electrons. The molecule has 0 aliphatic heterocycles. The Balaban J connectivity index is 0.000000171. The molecule has 2 aromatic carbocycles. The molecule has 0 aliphatic rings. The number of halogens is 1. The molecule has 0 radical (unpaired) electrons. The number of aryl methyl sites for hydroxylation is 3. The average molecular weight is 249 g/mol. The summed E-state index contributed by atoms with van der Waals surface area (Å²) in [6.07, 6.45) is 0. The molecule has 0 fully saturated rings. The van der Waals surface area contributed by atoms with Crippen LogP contribution in [0.3, 0.4) is 0 Å². The van der Waals surface area contributed by atoms with E-state index in [9.17, 15) is 0 Å². The van der Waals surface area contributed by atoms with Crippen molar-refractivity contribution in [2.24, 2.45) is 0 Å². The maximum absolute atomic E-state index is 8.99. The van der Waals surface area contributed by atoms with E-state index in [1.54, 1.807) is 12.1 Å². The van der Waals surface area contributed by atoms with Gasteiger partial charge in [0.25, 0.3) is 0 Å². The lowest BCUT2D eigenvalue weighted by molar-refractivity contribution is 0.474. The fourth-order valence-corrected chi connectivity index (χ4v) is 1.61. The van der Waals surface area contributed by atoms with Gasteiger partial charge in [-0.3, -0.25) is 0 Å². The SMILES string of the molecule is Cc1cc(C)cc(O)c1.Cc1ccc(Cl)cc1. The molecule has 0 aliphatic carbocycles. The molecule has 0 amide bonds. The summed E-state index contributed by atoms with van der Waals surface area (Å²) >= 11 is 5.61. The van der Waals surface area contributed by atoms with Gasteiger partial charge in [0.05, 0.1) is 0 Å². The fourth-order valence-electron chi connectivity index (χ4n) is 1.48. The van der Waals surface area contributed by atoms with E-state index in [1.807, 2.05) is 51.1 Å². The molecular weight excluding hydrogens is 232 g/mol. The summed E-state index contributed by atoms with van der Waals surface area (Å²) in [5, 5.41) is 9.80. The Bertz CT molecular complexity index is 403. The summed E-state index contributed by atoms with van der Waals surface area (Å²) in [4.78, 5) is 0. The first-order valence-electron chi connectivity index (χ1n) is 5.47. The Hall–Kier alpha value is -1.47. The van der Waals surface area contributed by atoms with Crippen molar-refractivity contribution in [2.45, 2.75) is 20.8 Å². The smallest absolute Gasteiger partial charge is 0.116 e. The van der Waals surface area contributed by atoms with Crippen LogP contribution in [0.15, 0.2) is 42.5 Å². The van der Waals surface area contributed by atoms with Crippen LogP contribution in [0.4, 0.5) is 0 Å². The van der Waals surface area contributed by atoms with Crippen molar-refractivity contribution in [1.82, 2.24) is 0 Å². The highest BCUT2D eigenvalue weighted by Gasteiger charge is 1.89. The van der Waals surface area contributed by atoms with Gasteiger partial charge in [-0.05, 0) is 56.2 Å². The Labute approximate surface area is 108 Å². The Kier molecular flexibility index (Phi) is 5.05. The second-order valence-electron chi connectivity index (χ2n) is 4.14. The molecule has 2 heteroatoms. The van der Waals surface area contributed by atoms with Gasteiger partial charge >= 0.3 is 0 Å². The number of hydrogen-bond acceptors (Lipinski definition) is 1. The summed E-state index contributed by atoms with van der Waals surface area (Å²) in [5.41, 5.74) is 3.45. The molecule has 1 nitrogen and oxygen atoms in total. The highest BCUT2D eigenvalue weighted by atomic mass is 35.5. The average Bonchev–Trinajstić information content (AvgIpc) is 2.21. The molecule has 2 rings (SSSR count). The number of hydrogen-bond donors (Lipinski definition) is 1. The quantitative estimate of drug-likeness (QED) is 0.719. The van der Waals surface area contributed by atoms with Crippen LogP contribution < -0.4 is 0 Å². The van der Waals surface area contributed by atoms with E-state index in [-0.39, 0.29) is 0 Å². The van der Waals surface area contributed by atoms with Gasteiger partial charge in [0, 0.05) is 5.02 Å². The summed E-state index contributed by atoms with van der Waals surface area (Å²) in [6.45, 7) is 5.97. The van der Waals surface area contributed by atoms with E-state index in [0.29, 0.717) is 5.75 Å². The lowest BCUT2D eigenvalue weighted by atomic mass is 10.1. The van der Waals surface area contributed by atoms with Crippen molar-refractivity contribution >= 4 is 11.6 Å². The van der Waals surface area contributed by atoms with Crippen LogP contribution >= 0.6 is 11.6 Å². The van der Waals surface area contributed by atoms with E-state index in [4.69, 9.17) is 16.7 Å². The summed E-state index contributed by atoms with van der Waals surface area (Å²) < 4.78 is 0. The fraction of sp³-hybridized carbons (Fsp3) is 0.200. The Morgan fingerprint density at radius 1 is 0.765 bits per heavy atom. The molecule has 0 bridgehead atoms. The number of benzene rings is 2. The van der Waals surface area contributed by atoms with Gasteiger partial charge < -0.3 is 5.11 Å². The third-order valence-electron chi connectivity index (χ3n) is 2.22. The number of phenolic OH excluding ortho intramolecular Hbond substituents is 1. The largest absolute Gasteiger partial charge is 0.508 e. The van der Waals surface area contributed by atoms with Crippen LogP contribution in [0.2, 0.25) is 5.02 Å². The lowest BCUT2D eigenvalue weighted by Crippen LogP contribution is -1.74. The van der Waals surface area contributed by atoms with Crippen molar-refractivity contribution in [3.8, 4) is 5.75 Å². The molecule has 0 unspecified atom stereocenters. The second-order valence-corrected chi connectivity index (χ2v) is 4.58. The first kappa shape index (κ1) is 13.6. The summed E-state index contributed by atoms with van der Waals surface area (Å²) in [7, 11) is 0. The van der Waals surface area contributed by atoms with Gasteiger partial charge in [-0.25, -0.2) is 0 Å². The predicted octanol–water partition coefficient (Wildman–Crippen LogP) is 4.66. The van der Waals surface area contributed by atoms with Crippen molar-refractivity contribution in [3.05, 3.63) is 64.2 Å². The monoisotopic (exact) mass is 248 g/mol. The Morgan fingerprint density at radius 2 is 1.24 bits per heavy atom. The first-order valence-corrected chi connectivity index (χ1v) is 5.84. The number of phenols is 1. The van der Waals surface area contributed by atoms with Gasteiger partial charge in [0.1, 0.15) is 5.75 Å². The van der Waals surface area contributed by atoms with Crippen molar-refractivity contribution in [3.63, 3.8) is 0 Å². The Morgan fingerprint density at radius 3 is 1.59 bits per heavy atom. The van der Waals surface area contributed by atoms with E-state index < -0.39 is 0 Å². The van der Waals surface area contributed by atoms with Gasteiger partial charge in [-0.15, -0.1) is 0 Å². The molecular formula is C15H17ClO. The zero-order valence-electron chi connectivity index (χ0n) is 10.4. The van der Waals surface area contributed by atoms with Crippen LogP contribution in [-0.2, 0) is 0 Å². The molecule has 0 saturated carbocycles. The van der Waals surface area contributed by atoms with E-state index >= 15 is 0 Å². The minimum Gasteiger partial charge on any atom is -0.508 e. The molecule has 0 spiro atoms. The highest BCUT2D eigenvalue weighted by molar-refractivity contribution is 6.30. The van der Waals surface area contributed by atoms with E-state index in [1.165, 1.54) is 5.56 Å². The van der Waals surface area contributed by atoms with Gasteiger partial charge in [-0.1, -0.05) is 35.4 Å². The second kappa shape index (κ2) is 6.31. The third-order valence-corrected chi connectivity index (χ3v) is 2.47. The van der Waals surface area contributed by atoms with Crippen molar-refractivity contribution < 1.29 is 5.11 Å². The van der Waals surface area contributed by atoms with Crippen molar-refractivity contribution in [1.29, 1.82) is 0 Å². The van der Waals surface area contributed by atoms with Gasteiger partial charge in [0.15, 0.2) is 0 Å². The van der Waals surface area contributed by atoms with Gasteiger partial charge in [0.2, 0.25) is 0 Å². The standard InChI is InChI=1S/C8H10O.C7H7Cl/c1-6-3-7(2)5-8(9)4-6;1-6-2-4-7(8)5-3-6/h3-5,9H,1-2H3;2-5H,1H3. The molecule has 0 heterocycles. The molecule has 0 aromatic heterocycles. The maximum atomic E-state index is 8.99. The summed E-state index contributed by atoms with van der Waals surface area (Å²) in [5.74, 6) is 0.354. The summed E-state index contributed by atoms with van der Waals surface area (Å²) in [6, 6.07) is 13.3. The third kappa shape index (κ3) is 5.41. The van der Waals surface area contributed by atoms with E-state index in [0.717, 1.165) is 16.1 Å². The molecule has 0 saturated heterocycles. The van der Waals surface area contributed by atoms with Crippen LogP contribution in [0.25, 0.3) is 0 Å². The van der Waals surface area contributed by atoms with Crippen LogP contribution in [0.1, 0.15) is 16.7 Å². The molecule has 17 heavy (non-hydrogen) atoms. The minimum absolute atomic E-state index is 0.354. The van der Waals surface area contributed by atoms with Crippen molar-refractivity contribution in [2.75, 3.05) is 0 Å². The zero-order valence-corrected chi connectivity index (χ0v) is 11.1. The number of rotatable bonds is 0. The normalized spacial score (nSPS) is 9.41. The minimum atomic E-state index is 0.354. The highest BCUT2D eigenvalue weighted by Crippen LogP contribution is 2.13. The maximum Gasteiger partial charge on any atom is 0.116 e. The predicted molar refractivity (Wildman–Crippen MR) is 73.8 cm³/mol. The first-order chi connectivity index (χ1) is 7.97. The lowest BCUT2D eigenvalue weighted by Gasteiger charge is -1.95. The van der Waals surface area contributed by atoms with Crippen LogP contribution in [0.5, 0.6) is 5.75 Å². The molecule has 2 aromatic rings. The zero-order chi connectivity index (χ0) is 12.8. The molecule has 1 N–H and O–H groups in total. The topological polar surface area (TPSA) is 20.2 Å². The van der Waals surface area contributed by atoms with Gasteiger partial charge in [-0.2, -0.15) is 0 Å². The number of aromatic hydroxyl groups is 1. The van der Waals surface area contributed by atoms with Crippen LogP contribution in [0, 0.1) is 20.8 Å². The van der Waals surface area contributed by atoms with E-state index in [2.05, 4.69) is 0 Å². The van der Waals surface area contributed by atoms with Crippen LogP contribution in [-0.4, -0.2) is 5.11 Å².